The Morgan fingerprint density at radius 1 is 1.38 bits per heavy atom. The van der Waals surface area contributed by atoms with E-state index < -0.39 is 0 Å². The zero-order valence-electron chi connectivity index (χ0n) is 9.63. The summed E-state index contributed by atoms with van der Waals surface area (Å²) in [5, 5.41) is 0.830. The Bertz CT molecular complexity index is 372. The minimum atomic E-state index is 0.0651. The van der Waals surface area contributed by atoms with Gasteiger partial charge in [-0.3, -0.25) is 0 Å². The minimum Gasteiger partial charge on any atom is -0.381 e. The van der Waals surface area contributed by atoms with Crippen LogP contribution in [0.15, 0.2) is 18.2 Å². The van der Waals surface area contributed by atoms with E-state index in [1.807, 2.05) is 6.92 Å². The first-order valence-corrected chi connectivity index (χ1v) is 6.10. The van der Waals surface area contributed by atoms with E-state index in [0.29, 0.717) is 6.54 Å². The summed E-state index contributed by atoms with van der Waals surface area (Å²) in [5.41, 5.74) is 8.40. The van der Waals surface area contributed by atoms with Crippen LogP contribution in [0.1, 0.15) is 24.0 Å². The average molecular weight is 240 g/mol. The van der Waals surface area contributed by atoms with Crippen LogP contribution in [0, 0.1) is 6.92 Å². The second kappa shape index (κ2) is 4.74. The fourth-order valence-electron chi connectivity index (χ4n) is 2.30. The molecular formula is C13H18ClNO. The maximum atomic E-state index is 6.18. The molecule has 2 N–H and O–H groups in total. The Hall–Kier alpha value is -0.570. The summed E-state index contributed by atoms with van der Waals surface area (Å²) in [5.74, 6) is 0. The Balaban J connectivity index is 2.35. The molecule has 1 saturated heterocycles. The molecule has 2 nitrogen and oxygen atoms in total. The zero-order valence-corrected chi connectivity index (χ0v) is 10.4. The van der Waals surface area contributed by atoms with E-state index in [4.69, 9.17) is 22.1 Å². The van der Waals surface area contributed by atoms with Crippen molar-refractivity contribution >= 4 is 11.6 Å². The first kappa shape index (κ1) is 11.9. The van der Waals surface area contributed by atoms with Crippen LogP contribution in [0.4, 0.5) is 0 Å². The highest BCUT2D eigenvalue weighted by molar-refractivity contribution is 6.31. The van der Waals surface area contributed by atoms with E-state index in [2.05, 4.69) is 18.2 Å². The highest BCUT2D eigenvalue weighted by Gasteiger charge is 2.33. The van der Waals surface area contributed by atoms with Crippen LogP contribution in [0.25, 0.3) is 0 Å². The Labute approximate surface area is 102 Å². The second-order valence-corrected chi connectivity index (χ2v) is 4.97. The number of hydrogen-bond donors (Lipinski definition) is 1. The van der Waals surface area contributed by atoms with Crippen molar-refractivity contribution in [3.05, 3.63) is 34.3 Å². The molecule has 1 aliphatic rings. The molecule has 0 amide bonds. The molecule has 0 unspecified atom stereocenters. The second-order valence-electron chi connectivity index (χ2n) is 4.56. The lowest BCUT2D eigenvalue weighted by atomic mass is 9.74. The predicted molar refractivity (Wildman–Crippen MR) is 67.0 cm³/mol. The molecule has 0 radical (unpaired) electrons. The molecule has 1 heterocycles. The molecule has 1 fully saturated rings. The van der Waals surface area contributed by atoms with Crippen LogP contribution in [0.2, 0.25) is 5.02 Å². The maximum Gasteiger partial charge on any atom is 0.0475 e. The summed E-state index contributed by atoms with van der Waals surface area (Å²) < 4.78 is 5.41. The Kier molecular flexibility index (Phi) is 3.53. The van der Waals surface area contributed by atoms with E-state index >= 15 is 0 Å². The number of aryl methyl sites for hydroxylation is 1. The monoisotopic (exact) mass is 239 g/mol. The summed E-state index contributed by atoms with van der Waals surface area (Å²) in [4.78, 5) is 0. The van der Waals surface area contributed by atoms with E-state index in [9.17, 15) is 0 Å². The van der Waals surface area contributed by atoms with Gasteiger partial charge in [0, 0.05) is 30.2 Å². The summed E-state index contributed by atoms with van der Waals surface area (Å²) >= 11 is 6.18. The van der Waals surface area contributed by atoms with Crippen molar-refractivity contribution < 1.29 is 4.74 Å². The largest absolute Gasteiger partial charge is 0.381 e. The van der Waals surface area contributed by atoms with Gasteiger partial charge in [0.1, 0.15) is 0 Å². The Morgan fingerprint density at radius 3 is 2.62 bits per heavy atom. The fraction of sp³-hybridized carbons (Fsp3) is 0.538. The SMILES string of the molecule is Cc1ccc(C2(CN)CCOCC2)cc1Cl. The number of rotatable bonds is 2. The lowest BCUT2D eigenvalue weighted by molar-refractivity contribution is 0.0529. The third-order valence-corrected chi connectivity index (χ3v) is 4.03. The fourth-order valence-corrected chi connectivity index (χ4v) is 2.48. The summed E-state index contributed by atoms with van der Waals surface area (Å²) in [6.45, 7) is 4.27. The van der Waals surface area contributed by atoms with E-state index in [0.717, 1.165) is 36.6 Å². The lowest BCUT2D eigenvalue weighted by Crippen LogP contribution is -2.40. The molecule has 3 heteroatoms. The predicted octanol–water partition coefficient (Wildman–Crippen LogP) is 2.66. The first-order valence-electron chi connectivity index (χ1n) is 5.72. The van der Waals surface area contributed by atoms with Crippen LogP contribution in [0.3, 0.4) is 0 Å². The van der Waals surface area contributed by atoms with Gasteiger partial charge in [-0.05, 0) is 37.0 Å². The van der Waals surface area contributed by atoms with Gasteiger partial charge < -0.3 is 10.5 Å². The quantitative estimate of drug-likeness (QED) is 0.861. The van der Waals surface area contributed by atoms with Gasteiger partial charge in [0.05, 0.1) is 0 Å². The topological polar surface area (TPSA) is 35.2 Å². The summed E-state index contributed by atoms with van der Waals surface area (Å²) in [6.07, 6.45) is 1.98. The minimum absolute atomic E-state index is 0.0651. The van der Waals surface area contributed by atoms with Crippen molar-refractivity contribution in [2.24, 2.45) is 5.73 Å². The first-order chi connectivity index (χ1) is 7.68. The molecule has 0 bridgehead atoms. The van der Waals surface area contributed by atoms with E-state index in [-0.39, 0.29) is 5.41 Å². The van der Waals surface area contributed by atoms with Crippen molar-refractivity contribution in [2.75, 3.05) is 19.8 Å². The lowest BCUT2D eigenvalue weighted by Gasteiger charge is -2.36. The van der Waals surface area contributed by atoms with E-state index in [1.165, 1.54) is 5.56 Å². The standard InChI is InChI=1S/C13H18ClNO/c1-10-2-3-11(8-12(10)14)13(9-15)4-6-16-7-5-13/h2-3,8H,4-7,9,15H2,1H3. The molecule has 0 spiro atoms. The van der Waals surface area contributed by atoms with Crippen LogP contribution < -0.4 is 5.73 Å². The van der Waals surface area contributed by atoms with Crippen LogP contribution in [-0.2, 0) is 10.2 Å². The molecule has 2 rings (SSSR count). The third-order valence-electron chi connectivity index (χ3n) is 3.62. The Morgan fingerprint density at radius 2 is 2.06 bits per heavy atom. The van der Waals surface area contributed by atoms with Gasteiger partial charge in [-0.15, -0.1) is 0 Å². The smallest absolute Gasteiger partial charge is 0.0475 e. The number of ether oxygens (including phenoxy) is 1. The molecule has 1 aromatic rings. The highest BCUT2D eigenvalue weighted by Crippen LogP contribution is 2.35. The molecule has 0 saturated carbocycles. The summed E-state index contributed by atoms with van der Waals surface area (Å²) in [6, 6.07) is 6.29. The summed E-state index contributed by atoms with van der Waals surface area (Å²) in [7, 11) is 0. The molecule has 88 valence electrons. The average Bonchev–Trinajstić information content (AvgIpc) is 2.33. The molecule has 0 atom stereocenters. The van der Waals surface area contributed by atoms with Crippen molar-refractivity contribution in [1.82, 2.24) is 0 Å². The number of benzene rings is 1. The molecule has 1 aromatic carbocycles. The van der Waals surface area contributed by atoms with Crippen molar-refractivity contribution in [3.8, 4) is 0 Å². The molecule has 0 aliphatic carbocycles. The van der Waals surface area contributed by atoms with Gasteiger partial charge >= 0.3 is 0 Å². The number of hydrogen-bond acceptors (Lipinski definition) is 2. The van der Waals surface area contributed by atoms with Crippen LogP contribution >= 0.6 is 11.6 Å². The highest BCUT2D eigenvalue weighted by atomic mass is 35.5. The van der Waals surface area contributed by atoms with Crippen molar-refractivity contribution in [1.29, 1.82) is 0 Å². The molecule has 1 aliphatic heterocycles. The molecule has 0 aromatic heterocycles. The van der Waals surface area contributed by atoms with Gasteiger partial charge in [-0.2, -0.15) is 0 Å². The number of nitrogens with two attached hydrogens (primary N) is 1. The number of halogens is 1. The van der Waals surface area contributed by atoms with Crippen molar-refractivity contribution in [2.45, 2.75) is 25.2 Å². The molecule has 16 heavy (non-hydrogen) atoms. The normalized spacial score (nSPS) is 19.7. The van der Waals surface area contributed by atoms with Gasteiger partial charge in [0.25, 0.3) is 0 Å². The zero-order chi connectivity index (χ0) is 11.6. The van der Waals surface area contributed by atoms with Gasteiger partial charge in [-0.1, -0.05) is 23.7 Å². The van der Waals surface area contributed by atoms with Gasteiger partial charge in [-0.25, -0.2) is 0 Å². The van der Waals surface area contributed by atoms with Crippen molar-refractivity contribution in [3.63, 3.8) is 0 Å². The van der Waals surface area contributed by atoms with Gasteiger partial charge in [0.2, 0.25) is 0 Å². The maximum absolute atomic E-state index is 6.18. The third kappa shape index (κ3) is 2.10. The van der Waals surface area contributed by atoms with E-state index in [1.54, 1.807) is 0 Å². The van der Waals surface area contributed by atoms with Crippen LogP contribution in [0.5, 0.6) is 0 Å². The molecular weight excluding hydrogens is 222 g/mol. The van der Waals surface area contributed by atoms with Crippen LogP contribution in [-0.4, -0.2) is 19.8 Å². The van der Waals surface area contributed by atoms with Gasteiger partial charge in [0.15, 0.2) is 0 Å².